The second kappa shape index (κ2) is 11.8. The van der Waals surface area contributed by atoms with E-state index in [9.17, 15) is 9.59 Å². The van der Waals surface area contributed by atoms with Crippen molar-refractivity contribution in [3.8, 4) is 0 Å². The molecule has 0 amide bonds. The van der Waals surface area contributed by atoms with E-state index in [0.717, 1.165) is 17.9 Å². The zero-order valence-electron chi connectivity index (χ0n) is 13.2. The number of hydrogen-bond acceptors (Lipinski definition) is 6. The number of nitrogens with zero attached hydrogens (tertiary/aromatic N) is 1. The van der Waals surface area contributed by atoms with E-state index in [1.165, 1.54) is 4.91 Å². The first-order valence-electron chi connectivity index (χ1n) is 6.92. The van der Waals surface area contributed by atoms with Gasteiger partial charge in [-0.1, -0.05) is 28.5 Å². The van der Waals surface area contributed by atoms with Gasteiger partial charge in [-0.25, -0.2) is 0 Å². The van der Waals surface area contributed by atoms with Crippen molar-refractivity contribution < 1.29 is 19.4 Å². The van der Waals surface area contributed by atoms with Gasteiger partial charge in [0.1, 0.15) is 0 Å². The highest BCUT2D eigenvalue weighted by Crippen LogP contribution is 2.35. The van der Waals surface area contributed by atoms with Gasteiger partial charge in [0.15, 0.2) is 0 Å². The van der Waals surface area contributed by atoms with Crippen LogP contribution < -0.4 is 0 Å². The molecule has 0 saturated carbocycles. The number of ether oxygens (including phenoxy) is 1. The number of carbonyl (C=O) groups is 2. The van der Waals surface area contributed by atoms with E-state index in [0.29, 0.717) is 13.0 Å². The smallest absolute Gasteiger partial charge is 0.306 e. The van der Waals surface area contributed by atoms with Gasteiger partial charge in [-0.05, 0) is 13.3 Å². The monoisotopic (exact) mass is 335 g/mol. The van der Waals surface area contributed by atoms with Crippen molar-refractivity contribution in [1.29, 1.82) is 0 Å². The molecule has 0 spiro atoms. The molecule has 0 aliphatic rings. The topological polar surface area (TPSA) is 66.8 Å². The van der Waals surface area contributed by atoms with E-state index in [1.54, 1.807) is 21.6 Å². The summed E-state index contributed by atoms with van der Waals surface area (Å²) in [5, 5.41) is 8.50. The quantitative estimate of drug-likeness (QED) is 0.353. The lowest BCUT2D eigenvalue weighted by Gasteiger charge is -2.18. The summed E-state index contributed by atoms with van der Waals surface area (Å²) in [5.41, 5.74) is 1.16. The van der Waals surface area contributed by atoms with Gasteiger partial charge in [-0.3, -0.25) is 9.59 Å². The van der Waals surface area contributed by atoms with E-state index in [2.05, 4.69) is 6.92 Å². The molecule has 0 atom stereocenters. The molecule has 0 radical (unpaired) electrons. The molecule has 21 heavy (non-hydrogen) atoms. The van der Waals surface area contributed by atoms with Crippen LogP contribution in [0.4, 0.5) is 0 Å². The van der Waals surface area contributed by atoms with Crippen molar-refractivity contribution in [2.75, 3.05) is 26.5 Å². The lowest BCUT2D eigenvalue weighted by molar-refractivity contribution is -0.147. The molecule has 5 nitrogen and oxygen atoms in total. The third-order valence-corrected chi connectivity index (χ3v) is 5.51. The lowest BCUT2D eigenvalue weighted by atomic mass is 10.3. The Balaban J connectivity index is 4.27. The first-order chi connectivity index (χ1) is 9.88. The Morgan fingerprint density at radius 1 is 1.19 bits per heavy atom. The Morgan fingerprint density at radius 2 is 1.86 bits per heavy atom. The molecule has 7 heteroatoms. The van der Waals surface area contributed by atoms with Crippen LogP contribution in [0.5, 0.6) is 0 Å². The van der Waals surface area contributed by atoms with Crippen molar-refractivity contribution in [2.45, 2.75) is 39.5 Å². The highest BCUT2D eigenvalue weighted by molar-refractivity contribution is 8.78. The van der Waals surface area contributed by atoms with Gasteiger partial charge in [0.05, 0.1) is 19.4 Å². The molecule has 0 unspecified atom stereocenters. The molecule has 0 fully saturated rings. The fourth-order valence-electron chi connectivity index (χ4n) is 1.27. The van der Waals surface area contributed by atoms with Crippen LogP contribution in [-0.2, 0) is 14.3 Å². The average Bonchev–Trinajstić information content (AvgIpc) is 2.42. The SMILES string of the molecule is CCCSS/C(CCOC(=O)CCC(=O)O)=C(/C)N(C)C. The molecule has 0 saturated heterocycles. The lowest BCUT2D eigenvalue weighted by Crippen LogP contribution is -2.12. The molecule has 0 aromatic heterocycles. The van der Waals surface area contributed by atoms with Gasteiger partial charge in [0.2, 0.25) is 0 Å². The van der Waals surface area contributed by atoms with Crippen LogP contribution in [0.2, 0.25) is 0 Å². The van der Waals surface area contributed by atoms with Gasteiger partial charge >= 0.3 is 11.9 Å². The van der Waals surface area contributed by atoms with Gasteiger partial charge in [-0.2, -0.15) is 0 Å². The van der Waals surface area contributed by atoms with Gasteiger partial charge < -0.3 is 14.7 Å². The van der Waals surface area contributed by atoms with E-state index < -0.39 is 11.9 Å². The van der Waals surface area contributed by atoms with Crippen LogP contribution in [0, 0.1) is 0 Å². The van der Waals surface area contributed by atoms with Crippen LogP contribution in [0.3, 0.4) is 0 Å². The maximum atomic E-state index is 11.4. The Kier molecular flexibility index (Phi) is 11.3. The van der Waals surface area contributed by atoms with Crippen LogP contribution in [0.1, 0.15) is 39.5 Å². The van der Waals surface area contributed by atoms with Crippen molar-refractivity contribution in [3.05, 3.63) is 10.6 Å². The van der Waals surface area contributed by atoms with Crippen molar-refractivity contribution >= 4 is 33.5 Å². The summed E-state index contributed by atoms with van der Waals surface area (Å²) >= 11 is 0. The maximum absolute atomic E-state index is 11.4. The minimum absolute atomic E-state index is 0.0707. The molecule has 0 aliphatic heterocycles. The molecule has 0 rings (SSSR count). The minimum Gasteiger partial charge on any atom is -0.481 e. The number of esters is 1. The van der Waals surface area contributed by atoms with E-state index in [-0.39, 0.29) is 12.8 Å². The first-order valence-corrected chi connectivity index (χ1v) is 9.24. The highest BCUT2D eigenvalue weighted by atomic mass is 33.1. The molecule has 0 aromatic rings. The summed E-state index contributed by atoms with van der Waals surface area (Å²) in [4.78, 5) is 25.0. The van der Waals surface area contributed by atoms with Crippen LogP contribution in [0.25, 0.3) is 0 Å². The molecule has 0 aliphatic carbocycles. The van der Waals surface area contributed by atoms with Crippen LogP contribution in [0.15, 0.2) is 10.6 Å². The van der Waals surface area contributed by atoms with Gasteiger partial charge in [0.25, 0.3) is 0 Å². The fourth-order valence-corrected chi connectivity index (χ4v) is 3.92. The largest absolute Gasteiger partial charge is 0.481 e. The Hall–Kier alpha value is -0.820. The second-order valence-electron chi connectivity index (χ2n) is 4.67. The highest BCUT2D eigenvalue weighted by Gasteiger charge is 2.10. The Bertz CT molecular complexity index is 370. The van der Waals surface area contributed by atoms with Gasteiger partial charge in [0, 0.05) is 36.9 Å². The van der Waals surface area contributed by atoms with Crippen LogP contribution >= 0.6 is 21.6 Å². The summed E-state index contributed by atoms with van der Waals surface area (Å²) in [6.45, 7) is 4.47. The van der Waals surface area contributed by atoms with E-state index >= 15 is 0 Å². The average molecular weight is 335 g/mol. The number of allylic oxidation sites excluding steroid dienone is 1. The summed E-state index contributed by atoms with van der Waals surface area (Å²) in [6, 6.07) is 0. The van der Waals surface area contributed by atoms with Gasteiger partial charge in [-0.15, -0.1) is 0 Å². The normalized spacial score (nSPS) is 11.8. The van der Waals surface area contributed by atoms with E-state index in [4.69, 9.17) is 9.84 Å². The molecule has 0 bridgehead atoms. The molecular weight excluding hydrogens is 310 g/mol. The third kappa shape index (κ3) is 10.5. The molecule has 122 valence electrons. The standard InChI is InChI=1S/C14H25NO4S2/c1-5-10-20-21-12(11(2)15(3)4)8-9-19-14(18)7-6-13(16)17/h5-10H2,1-4H3,(H,16,17)/b12-11-. The predicted octanol–water partition coefficient (Wildman–Crippen LogP) is 3.37. The molecule has 0 aromatic carbocycles. The predicted molar refractivity (Wildman–Crippen MR) is 89.2 cm³/mol. The fraction of sp³-hybridized carbons (Fsp3) is 0.714. The second-order valence-corrected chi connectivity index (χ2v) is 7.18. The number of carbonyl (C=O) groups excluding carboxylic acids is 1. The number of carboxylic acids is 1. The number of hydrogen-bond donors (Lipinski definition) is 1. The van der Waals surface area contributed by atoms with Crippen LogP contribution in [-0.4, -0.2) is 48.4 Å². The number of aliphatic carboxylic acids is 1. The third-order valence-electron chi connectivity index (χ3n) is 2.66. The summed E-state index contributed by atoms with van der Waals surface area (Å²) in [6.07, 6.45) is 1.53. The molecule has 1 N–H and O–H groups in total. The zero-order chi connectivity index (χ0) is 16.3. The summed E-state index contributed by atoms with van der Waals surface area (Å²) < 4.78 is 5.08. The summed E-state index contributed by atoms with van der Waals surface area (Å²) in [5.74, 6) is -0.360. The molecule has 0 heterocycles. The minimum atomic E-state index is -0.984. The van der Waals surface area contributed by atoms with E-state index in [1.807, 2.05) is 25.9 Å². The maximum Gasteiger partial charge on any atom is 0.306 e. The van der Waals surface area contributed by atoms with Crippen molar-refractivity contribution in [2.24, 2.45) is 0 Å². The van der Waals surface area contributed by atoms with Crippen molar-refractivity contribution in [3.63, 3.8) is 0 Å². The summed E-state index contributed by atoms with van der Waals surface area (Å²) in [7, 11) is 7.49. The first kappa shape index (κ1) is 20.2. The zero-order valence-corrected chi connectivity index (χ0v) is 14.8. The number of carboxylic acid groups (broad SMARTS) is 1. The molecular formula is C14H25NO4S2. The Morgan fingerprint density at radius 3 is 2.38 bits per heavy atom. The van der Waals surface area contributed by atoms with Crippen molar-refractivity contribution in [1.82, 2.24) is 4.90 Å². The number of rotatable bonds is 11. The Labute approximate surface area is 134 Å².